The Balaban J connectivity index is 3.22. The molecule has 4 heteroatoms. The van der Waals surface area contributed by atoms with Gasteiger partial charge in [0.05, 0.1) is 5.56 Å². The molecule has 1 N–H and O–H groups in total. The summed E-state index contributed by atoms with van der Waals surface area (Å²) in [6.07, 6.45) is 0. The molecule has 0 radical (unpaired) electrons. The monoisotopic (exact) mass is 185 g/mol. The van der Waals surface area contributed by atoms with E-state index >= 15 is 0 Å². The fraction of sp³-hybridized carbons (Fsp3) is 0.222. The SMILES string of the molecule is CNC(=O)c1c(F)cccc1CF. The molecule has 0 aliphatic rings. The molecule has 0 bridgehead atoms. The van der Waals surface area contributed by atoms with E-state index in [4.69, 9.17) is 0 Å². The number of rotatable bonds is 2. The lowest BCUT2D eigenvalue weighted by Gasteiger charge is -2.05. The van der Waals surface area contributed by atoms with Gasteiger partial charge in [0.1, 0.15) is 12.5 Å². The van der Waals surface area contributed by atoms with E-state index < -0.39 is 18.4 Å². The van der Waals surface area contributed by atoms with Crippen molar-refractivity contribution >= 4 is 5.91 Å². The summed E-state index contributed by atoms with van der Waals surface area (Å²) in [6, 6.07) is 3.88. The quantitative estimate of drug-likeness (QED) is 0.745. The molecule has 0 aromatic heterocycles. The second-order valence-electron chi connectivity index (χ2n) is 2.49. The van der Waals surface area contributed by atoms with Gasteiger partial charge in [0, 0.05) is 7.05 Å². The molecule has 0 aliphatic heterocycles. The average molecular weight is 185 g/mol. The van der Waals surface area contributed by atoms with Crippen LogP contribution in [0.5, 0.6) is 0 Å². The molecule has 0 unspecified atom stereocenters. The molecular weight excluding hydrogens is 176 g/mol. The molecule has 1 amide bonds. The van der Waals surface area contributed by atoms with Gasteiger partial charge in [0.25, 0.3) is 5.91 Å². The maximum Gasteiger partial charge on any atom is 0.254 e. The first-order chi connectivity index (χ1) is 6.20. The van der Waals surface area contributed by atoms with Gasteiger partial charge < -0.3 is 5.32 Å². The minimum atomic E-state index is -0.847. The fourth-order valence-corrected chi connectivity index (χ4v) is 1.06. The van der Waals surface area contributed by atoms with Crippen LogP contribution in [0.15, 0.2) is 18.2 Å². The van der Waals surface area contributed by atoms with Gasteiger partial charge in [-0.15, -0.1) is 0 Å². The highest BCUT2D eigenvalue weighted by atomic mass is 19.1. The van der Waals surface area contributed by atoms with Crippen LogP contribution in [0.25, 0.3) is 0 Å². The molecular formula is C9H9F2NO. The van der Waals surface area contributed by atoms with Crippen LogP contribution < -0.4 is 5.32 Å². The Morgan fingerprint density at radius 3 is 2.77 bits per heavy atom. The van der Waals surface area contributed by atoms with Gasteiger partial charge >= 0.3 is 0 Å². The van der Waals surface area contributed by atoms with Crippen molar-refractivity contribution in [2.24, 2.45) is 0 Å². The third-order valence-corrected chi connectivity index (χ3v) is 1.70. The van der Waals surface area contributed by atoms with Crippen molar-refractivity contribution < 1.29 is 13.6 Å². The molecule has 70 valence electrons. The smallest absolute Gasteiger partial charge is 0.254 e. The largest absolute Gasteiger partial charge is 0.355 e. The van der Waals surface area contributed by atoms with E-state index in [9.17, 15) is 13.6 Å². The Hall–Kier alpha value is -1.45. The highest BCUT2D eigenvalue weighted by molar-refractivity contribution is 5.95. The van der Waals surface area contributed by atoms with Crippen molar-refractivity contribution in [3.63, 3.8) is 0 Å². The van der Waals surface area contributed by atoms with E-state index in [-0.39, 0.29) is 11.1 Å². The summed E-state index contributed by atoms with van der Waals surface area (Å²) in [5.74, 6) is -1.31. The summed E-state index contributed by atoms with van der Waals surface area (Å²) in [5, 5.41) is 2.25. The van der Waals surface area contributed by atoms with Crippen LogP contribution in [0, 0.1) is 5.82 Å². The lowest BCUT2D eigenvalue weighted by atomic mass is 10.1. The molecule has 0 heterocycles. The Morgan fingerprint density at radius 2 is 2.23 bits per heavy atom. The number of carbonyl (C=O) groups is 1. The predicted molar refractivity (Wildman–Crippen MR) is 44.6 cm³/mol. The summed E-state index contributed by atoms with van der Waals surface area (Å²) in [6.45, 7) is -0.847. The van der Waals surface area contributed by atoms with E-state index in [0.29, 0.717) is 0 Å². The molecule has 1 aromatic carbocycles. The van der Waals surface area contributed by atoms with Crippen LogP contribution in [-0.4, -0.2) is 13.0 Å². The van der Waals surface area contributed by atoms with Crippen molar-refractivity contribution in [3.8, 4) is 0 Å². The Morgan fingerprint density at radius 1 is 1.54 bits per heavy atom. The first-order valence-electron chi connectivity index (χ1n) is 3.76. The lowest BCUT2D eigenvalue weighted by Crippen LogP contribution is -2.20. The third kappa shape index (κ3) is 1.83. The maximum absolute atomic E-state index is 13.0. The molecule has 0 saturated carbocycles. The van der Waals surface area contributed by atoms with Gasteiger partial charge in [-0.05, 0) is 11.6 Å². The first-order valence-corrected chi connectivity index (χ1v) is 3.76. The molecule has 2 nitrogen and oxygen atoms in total. The van der Waals surface area contributed by atoms with Gasteiger partial charge in [-0.2, -0.15) is 0 Å². The average Bonchev–Trinajstić information content (AvgIpc) is 2.16. The zero-order valence-corrected chi connectivity index (χ0v) is 7.10. The standard InChI is InChI=1S/C9H9F2NO/c1-12-9(13)8-6(5-10)3-2-4-7(8)11/h2-4H,5H2,1H3,(H,12,13). The van der Waals surface area contributed by atoms with E-state index in [1.807, 2.05) is 0 Å². The number of halogens is 2. The number of carbonyl (C=O) groups excluding carboxylic acids is 1. The van der Waals surface area contributed by atoms with Gasteiger partial charge in [-0.25, -0.2) is 8.78 Å². The van der Waals surface area contributed by atoms with Crippen molar-refractivity contribution in [1.82, 2.24) is 5.32 Å². The van der Waals surface area contributed by atoms with E-state index in [2.05, 4.69) is 5.32 Å². The number of hydrogen-bond donors (Lipinski definition) is 1. The van der Waals surface area contributed by atoms with Crippen LogP contribution in [-0.2, 0) is 6.67 Å². The number of amides is 1. The van der Waals surface area contributed by atoms with Gasteiger partial charge in [-0.3, -0.25) is 4.79 Å². The van der Waals surface area contributed by atoms with Crippen molar-refractivity contribution in [1.29, 1.82) is 0 Å². The van der Waals surface area contributed by atoms with Crippen molar-refractivity contribution in [2.75, 3.05) is 7.05 Å². The maximum atomic E-state index is 13.0. The van der Waals surface area contributed by atoms with Crippen LogP contribution in [0.1, 0.15) is 15.9 Å². The molecule has 0 spiro atoms. The molecule has 1 aromatic rings. The highest BCUT2D eigenvalue weighted by Crippen LogP contribution is 2.14. The normalized spacial score (nSPS) is 9.77. The van der Waals surface area contributed by atoms with Gasteiger partial charge in [0.2, 0.25) is 0 Å². The summed E-state index contributed by atoms with van der Waals surface area (Å²) in [4.78, 5) is 11.1. The highest BCUT2D eigenvalue weighted by Gasteiger charge is 2.14. The van der Waals surface area contributed by atoms with Crippen LogP contribution in [0.2, 0.25) is 0 Å². The number of alkyl halides is 1. The second-order valence-corrected chi connectivity index (χ2v) is 2.49. The number of nitrogens with one attached hydrogen (secondary N) is 1. The van der Waals surface area contributed by atoms with E-state index in [1.54, 1.807) is 0 Å². The van der Waals surface area contributed by atoms with Gasteiger partial charge in [-0.1, -0.05) is 12.1 Å². The lowest BCUT2D eigenvalue weighted by molar-refractivity contribution is 0.0957. The molecule has 0 aliphatic carbocycles. The molecule has 13 heavy (non-hydrogen) atoms. The van der Waals surface area contributed by atoms with Crippen LogP contribution >= 0.6 is 0 Å². The zero-order chi connectivity index (χ0) is 9.84. The predicted octanol–water partition coefficient (Wildman–Crippen LogP) is 1.65. The summed E-state index contributed by atoms with van der Waals surface area (Å²) in [7, 11) is 1.37. The minimum absolute atomic E-state index is 0.0688. The van der Waals surface area contributed by atoms with Crippen molar-refractivity contribution in [3.05, 3.63) is 35.1 Å². The molecule has 0 fully saturated rings. The molecule has 1 rings (SSSR count). The summed E-state index contributed by atoms with van der Waals surface area (Å²) < 4.78 is 25.4. The number of hydrogen-bond acceptors (Lipinski definition) is 1. The van der Waals surface area contributed by atoms with E-state index in [1.165, 1.54) is 19.2 Å². The molecule has 0 atom stereocenters. The second kappa shape index (κ2) is 3.98. The topological polar surface area (TPSA) is 29.1 Å². The fourth-order valence-electron chi connectivity index (χ4n) is 1.06. The Labute approximate surface area is 74.6 Å². The third-order valence-electron chi connectivity index (χ3n) is 1.70. The van der Waals surface area contributed by atoms with Gasteiger partial charge in [0.15, 0.2) is 0 Å². The number of benzene rings is 1. The summed E-state index contributed by atoms with van der Waals surface area (Å²) in [5.41, 5.74) is -0.146. The first kappa shape index (κ1) is 9.64. The Kier molecular flexibility index (Phi) is 2.95. The van der Waals surface area contributed by atoms with Crippen LogP contribution in [0.3, 0.4) is 0 Å². The Bertz CT molecular complexity index is 325. The minimum Gasteiger partial charge on any atom is -0.355 e. The van der Waals surface area contributed by atoms with E-state index in [0.717, 1.165) is 6.07 Å². The zero-order valence-electron chi connectivity index (χ0n) is 7.10. The van der Waals surface area contributed by atoms with Crippen LogP contribution in [0.4, 0.5) is 8.78 Å². The van der Waals surface area contributed by atoms with Crippen molar-refractivity contribution in [2.45, 2.75) is 6.67 Å². The molecule has 0 saturated heterocycles. The summed E-state index contributed by atoms with van der Waals surface area (Å²) >= 11 is 0.